The highest BCUT2D eigenvalue weighted by molar-refractivity contribution is 6.39. The third kappa shape index (κ3) is 6.48. The second kappa shape index (κ2) is 10.5. The normalized spacial score (nSPS) is 14.1. The number of nitrogens with one attached hydrogen (secondary N) is 3. The summed E-state index contributed by atoms with van der Waals surface area (Å²) in [6, 6.07) is 10.8. The maximum absolute atomic E-state index is 12.5. The van der Waals surface area contributed by atoms with Crippen LogP contribution in [0.5, 0.6) is 0 Å². The van der Waals surface area contributed by atoms with Crippen LogP contribution in [0, 0.1) is 0 Å². The van der Waals surface area contributed by atoms with Crippen molar-refractivity contribution < 1.29 is 19.5 Å². The number of likely N-dealkylation sites (tertiary alicyclic amines) is 1. The van der Waals surface area contributed by atoms with Crippen molar-refractivity contribution in [3.63, 3.8) is 0 Å². The highest BCUT2D eigenvalue weighted by atomic mass is 16.3. The van der Waals surface area contributed by atoms with Gasteiger partial charge in [0, 0.05) is 44.7 Å². The third-order valence-corrected chi connectivity index (χ3v) is 4.75. The standard InChI is InChI=1S/C21H26N6O4/c1-14(28)22-9-10-23-17-13-18(25-19(24-17)15-5-3-2-4-6-15)26-20(30)21(31)27-11-7-16(29)8-12-27/h2-6,13,16,29H,7-12H2,1H3,(H,22,28)(H2,23,24,25,26,30). The van der Waals surface area contributed by atoms with Crippen molar-refractivity contribution in [3.8, 4) is 11.4 Å². The Labute approximate surface area is 180 Å². The second-order valence-corrected chi connectivity index (χ2v) is 7.22. The first-order chi connectivity index (χ1) is 14.9. The van der Waals surface area contributed by atoms with Gasteiger partial charge >= 0.3 is 11.8 Å². The minimum atomic E-state index is -0.793. The number of amides is 3. The van der Waals surface area contributed by atoms with E-state index in [0.717, 1.165) is 5.56 Å². The lowest BCUT2D eigenvalue weighted by atomic mass is 10.1. The Kier molecular flexibility index (Phi) is 7.50. The first kappa shape index (κ1) is 22.2. The van der Waals surface area contributed by atoms with Crippen LogP contribution in [0.1, 0.15) is 19.8 Å². The number of aromatic nitrogens is 2. The Hall–Kier alpha value is -3.53. The molecule has 10 heteroatoms. The van der Waals surface area contributed by atoms with E-state index in [0.29, 0.717) is 50.7 Å². The van der Waals surface area contributed by atoms with E-state index in [-0.39, 0.29) is 11.7 Å². The van der Waals surface area contributed by atoms with Gasteiger partial charge in [-0.15, -0.1) is 0 Å². The maximum Gasteiger partial charge on any atom is 0.315 e. The van der Waals surface area contributed by atoms with Crippen LogP contribution in [0.2, 0.25) is 0 Å². The van der Waals surface area contributed by atoms with Gasteiger partial charge in [-0.1, -0.05) is 30.3 Å². The number of benzene rings is 1. The number of hydrogen-bond acceptors (Lipinski definition) is 7. The number of hydrogen-bond donors (Lipinski definition) is 4. The second-order valence-electron chi connectivity index (χ2n) is 7.22. The zero-order chi connectivity index (χ0) is 22.2. The molecule has 0 saturated carbocycles. The van der Waals surface area contributed by atoms with E-state index >= 15 is 0 Å². The number of rotatable bonds is 6. The van der Waals surface area contributed by atoms with Gasteiger partial charge in [-0.3, -0.25) is 14.4 Å². The van der Waals surface area contributed by atoms with Gasteiger partial charge in [-0.25, -0.2) is 9.97 Å². The van der Waals surface area contributed by atoms with Crippen LogP contribution in [-0.2, 0) is 14.4 Å². The average Bonchev–Trinajstić information content (AvgIpc) is 2.77. The average molecular weight is 426 g/mol. The molecule has 2 heterocycles. The first-order valence-electron chi connectivity index (χ1n) is 10.1. The summed E-state index contributed by atoms with van der Waals surface area (Å²) in [6.45, 7) is 2.94. The molecule has 1 saturated heterocycles. The van der Waals surface area contributed by atoms with Gasteiger partial charge < -0.3 is 26.0 Å². The van der Waals surface area contributed by atoms with Crippen molar-refractivity contribution in [2.24, 2.45) is 0 Å². The van der Waals surface area contributed by atoms with Gasteiger partial charge in [0.2, 0.25) is 5.91 Å². The highest BCUT2D eigenvalue weighted by Gasteiger charge is 2.26. The number of aliphatic hydroxyl groups is 1. The summed E-state index contributed by atoms with van der Waals surface area (Å²) in [6.07, 6.45) is 0.466. The molecular weight excluding hydrogens is 400 g/mol. The lowest BCUT2D eigenvalue weighted by Crippen LogP contribution is -2.45. The monoisotopic (exact) mass is 426 g/mol. The predicted octanol–water partition coefficient (Wildman–Crippen LogP) is 0.613. The van der Waals surface area contributed by atoms with Crippen LogP contribution in [0.15, 0.2) is 36.4 Å². The lowest BCUT2D eigenvalue weighted by Gasteiger charge is -2.28. The molecule has 1 aliphatic heterocycles. The van der Waals surface area contributed by atoms with E-state index in [9.17, 15) is 19.5 Å². The summed E-state index contributed by atoms with van der Waals surface area (Å²) in [4.78, 5) is 46.2. The van der Waals surface area contributed by atoms with Crippen LogP contribution in [0.3, 0.4) is 0 Å². The van der Waals surface area contributed by atoms with Crippen molar-refractivity contribution >= 4 is 29.4 Å². The van der Waals surface area contributed by atoms with Crippen LogP contribution >= 0.6 is 0 Å². The summed E-state index contributed by atoms with van der Waals surface area (Å²) >= 11 is 0. The molecule has 1 aromatic heterocycles. The fourth-order valence-electron chi connectivity index (χ4n) is 3.13. The van der Waals surface area contributed by atoms with Crippen molar-refractivity contribution in [3.05, 3.63) is 36.4 Å². The minimum Gasteiger partial charge on any atom is -0.393 e. The predicted molar refractivity (Wildman–Crippen MR) is 115 cm³/mol. The molecule has 10 nitrogen and oxygen atoms in total. The molecule has 1 aliphatic rings. The van der Waals surface area contributed by atoms with E-state index < -0.39 is 17.9 Å². The van der Waals surface area contributed by atoms with E-state index in [1.54, 1.807) is 0 Å². The van der Waals surface area contributed by atoms with Crippen molar-refractivity contribution in [1.82, 2.24) is 20.2 Å². The van der Waals surface area contributed by atoms with Crippen LogP contribution in [0.25, 0.3) is 11.4 Å². The molecule has 0 aliphatic carbocycles. The number of carbonyl (C=O) groups is 3. The molecule has 164 valence electrons. The number of piperidine rings is 1. The van der Waals surface area contributed by atoms with E-state index in [2.05, 4.69) is 25.9 Å². The van der Waals surface area contributed by atoms with Gasteiger partial charge in [0.05, 0.1) is 6.10 Å². The fraction of sp³-hybridized carbons (Fsp3) is 0.381. The van der Waals surface area contributed by atoms with E-state index in [1.165, 1.54) is 17.9 Å². The molecule has 0 bridgehead atoms. The quantitative estimate of drug-likeness (QED) is 0.392. The Morgan fingerprint density at radius 1 is 1.06 bits per heavy atom. The molecule has 0 atom stereocenters. The number of carbonyl (C=O) groups excluding carboxylic acids is 3. The Balaban J connectivity index is 1.74. The number of anilines is 2. The molecule has 1 fully saturated rings. The zero-order valence-electron chi connectivity index (χ0n) is 17.3. The summed E-state index contributed by atoms with van der Waals surface area (Å²) in [5.74, 6) is -0.570. The molecule has 3 amide bonds. The number of nitrogens with zero attached hydrogens (tertiary/aromatic N) is 3. The van der Waals surface area contributed by atoms with Gasteiger partial charge in [0.1, 0.15) is 11.6 Å². The van der Waals surface area contributed by atoms with Crippen molar-refractivity contribution in [1.29, 1.82) is 0 Å². The molecule has 31 heavy (non-hydrogen) atoms. The number of aliphatic hydroxyl groups excluding tert-OH is 1. The molecular formula is C21H26N6O4. The molecule has 0 unspecified atom stereocenters. The van der Waals surface area contributed by atoms with Gasteiger partial charge in [-0.2, -0.15) is 0 Å². The molecule has 1 aromatic carbocycles. The molecule has 2 aromatic rings. The Bertz CT molecular complexity index is 929. The van der Waals surface area contributed by atoms with Crippen molar-refractivity contribution in [2.45, 2.75) is 25.9 Å². The Morgan fingerprint density at radius 2 is 1.74 bits per heavy atom. The van der Waals surface area contributed by atoms with E-state index in [4.69, 9.17) is 0 Å². The summed E-state index contributed by atoms with van der Waals surface area (Å²) < 4.78 is 0. The maximum atomic E-state index is 12.5. The fourth-order valence-corrected chi connectivity index (χ4v) is 3.13. The van der Waals surface area contributed by atoms with E-state index in [1.807, 2.05) is 30.3 Å². The topological polar surface area (TPSA) is 137 Å². The Morgan fingerprint density at radius 3 is 2.42 bits per heavy atom. The third-order valence-electron chi connectivity index (χ3n) is 4.75. The minimum absolute atomic E-state index is 0.133. The van der Waals surface area contributed by atoms with Gasteiger partial charge in [0.25, 0.3) is 0 Å². The smallest absolute Gasteiger partial charge is 0.315 e. The largest absolute Gasteiger partial charge is 0.393 e. The van der Waals surface area contributed by atoms with Crippen LogP contribution in [0.4, 0.5) is 11.6 Å². The summed E-state index contributed by atoms with van der Waals surface area (Å²) in [5.41, 5.74) is 0.750. The molecule has 4 N–H and O–H groups in total. The van der Waals surface area contributed by atoms with Gasteiger partial charge in [-0.05, 0) is 12.8 Å². The molecule has 0 spiro atoms. The highest BCUT2D eigenvalue weighted by Crippen LogP contribution is 2.20. The first-order valence-corrected chi connectivity index (χ1v) is 10.1. The lowest BCUT2D eigenvalue weighted by molar-refractivity contribution is -0.144. The molecule has 3 rings (SSSR count). The zero-order valence-corrected chi connectivity index (χ0v) is 17.3. The SMILES string of the molecule is CC(=O)NCCNc1cc(NC(=O)C(=O)N2CCC(O)CC2)nc(-c2ccccc2)n1. The van der Waals surface area contributed by atoms with Crippen molar-refractivity contribution in [2.75, 3.05) is 36.8 Å². The van der Waals surface area contributed by atoms with Crippen LogP contribution in [-0.4, -0.2) is 70.0 Å². The van der Waals surface area contributed by atoms with Gasteiger partial charge in [0.15, 0.2) is 5.82 Å². The van der Waals surface area contributed by atoms with Crippen LogP contribution < -0.4 is 16.0 Å². The summed E-state index contributed by atoms with van der Waals surface area (Å²) in [5, 5.41) is 17.9. The molecule has 0 radical (unpaired) electrons. The summed E-state index contributed by atoms with van der Waals surface area (Å²) in [7, 11) is 0.